The summed E-state index contributed by atoms with van der Waals surface area (Å²) >= 11 is 0. The van der Waals surface area contributed by atoms with E-state index in [1.807, 2.05) is 6.92 Å². The van der Waals surface area contributed by atoms with Gasteiger partial charge in [-0.05, 0) is 30.6 Å². The third-order valence-electron chi connectivity index (χ3n) is 4.08. The minimum atomic E-state index is -0.948. The number of rotatable bonds is 4. The molecule has 0 bridgehead atoms. The molecule has 1 N–H and O–H groups in total. The Labute approximate surface area is 121 Å². The summed E-state index contributed by atoms with van der Waals surface area (Å²) in [6.45, 7) is 10.4. The Balaban J connectivity index is 2.57. The van der Waals surface area contributed by atoms with Gasteiger partial charge in [0.15, 0.2) is 0 Å². The predicted octanol–water partition coefficient (Wildman–Crippen LogP) is 2.66. The third-order valence-corrected chi connectivity index (χ3v) is 4.08. The van der Waals surface area contributed by atoms with Crippen LogP contribution >= 0.6 is 0 Å². The molecule has 2 amide bonds. The van der Waals surface area contributed by atoms with E-state index in [1.165, 1.54) is 4.90 Å². The highest BCUT2D eigenvalue weighted by molar-refractivity contribution is 5.80. The minimum Gasteiger partial charge on any atom is -0.480 e. The summed E-state index contributed by atoms with van der Waals surface area (Å²) in [5, 5.41) is 8.89. The van der Waals surface area contributed by atoms with Crippen LogP contribution in [0.15, 0.2) is 0 Å². The Morgan fingerprint density at radius 3 is 2.20 bits per heavy atom. The number of nitrogens with zero attached hydrogens (tertiary/aromatic N) is 2. The maximum absolute atomic E-state index is 12.4. The minimum absolute atomic E-state index is 0.124. The first kappa shape index (κ1) is 16.8. The van der Waals surface area contributed by atoms with E-state index in [2.05, 4.69) is 20.8 Å². The van der Waals surface area contributed by atoms with Crippen LogP contribution in [0.1, 0.15) is 47.0 Å². The van der Waals surface area contributed by atoms with Crippen LogP contribution < -0.4 is 0 Å². The van der Waals surface area contributed by atoms with E-state index in [-0.39, 0.29) is 18.0 Å². The van der Waals surface area contributed by atoms with Gasteiger partial charge in [0.2, 0.25) is 0 Å². The van der Waals surface area contributed by atoms with Crippen molar-refractivity contribution < 1.29 is 14.7 Å². The Kier molecular flexibility index (Phi) is 5.84. The molecule has 0 aliphatic carbocycles. The van der Waals surface area contributed by atoms with Crippen LogP contribution in [0.2, 0.25) is 0 Å². The molecule has 0 spiro atoms. The Hall–Kier alpha value is -1.26. The van der Waals surface area contributed by atoms with E-state index >= 15 is 0 Å². The Morgan fingerprint density at radius 2 is 1.80 bits per heavy atom. The topological polar surface area (TPSA) is 60.9 Å². The summed E-state index contributed by atoms with van der Waals surface area (Å²) in [5.74, 6) is -0.318. The van der Waals surface area contributed by atoms with Crippen molar-refractivity contribution in [2.24, 2.45) is 11.3 Å². The van der Waals surface area contributed by atoms with Crippen molar-refractivity contribution in [3.8, 4) is 0 Å². The number of hydrogen-bond donors (Lipinski definition) is 1. The van der Waals surface area contributed by atoms with Gasteiger partial charge in [-0.25, -0.2) is 4.79 Å². The van der Waals surface area contributed by atoms with Crippen LogP contribution in [-0.2, 0) is 4.79 Å². The van der Waals surface area contributed by atoms with Crippen molar-refractivity contribution in [1.82, 2.24) is 9.80 Å². The summed E-state index contributed by atoms with van der Waals surface area (Å²) in [5.41, 5.74) is 0.277. The molecule has 0 aromatic rings. The normalized spacial score (nSPS) is 17.1. The summed E-state index contributed by atoms with van der Waals surface area (Å²) in [7, 11) is 0. The van der Waals surface area contributed by atoms with E-state index in [4.69, 9.17) is 5.11 Å². The lowest BCUT2D eigenvalue weighted by molar-refractivity contribution is -0.137. The summed E-state index contributed by atoms with van der Waals surface area (Å²) in [4.78, 5) is 26.5. The van der Waals surface area contributed by atoms with Gasteiger partial charge in [0, 0.05) is 19.6 Å². The monoisotopic (exact) mass is 284 g/mol. The molecule has 1 rings (SSSR count). The van der Waals surface area contributed by atoms with Crippen molar-refractivity contribution in [1.29, 1.82) is 0 Å². The van der Waals surface area contributed by atoms with Crippen LogP contribution in [0.5, 0.6) is 0 Å². The molecule has 5 heteroatoms. The Morgan fingerprint density at radius 1 is 1.25 bits per heavy atom. The molecule has 116 valence electrons. The molecule has 0 aromatic heterocycles. The fraction of sp³-hybridized carbons (Fsp3) is 0.867. The molecule has 0 saturated carbocycles. The number of carbonyl (C=O) groups is 2. The molecular formula is C15H28N2O3. The molecular weight excluding hydrogens is 256 g/mol. The number of carboxylic acid groups (broad SMARTS) is 1. The highest BCUT2D eigenvalue weighted by atomic mass is 16.4. The lowest BCUT2D eigenvalue weighted by Crippen LogP contribution is -2.49. The van der Waals surface area contributed by atoms with E-state index in [9.17, 15) is 9.59 Å². The fourth-order valence-electron chi connectivity index (χ4n) is 2.81. The van der Waals surface area contributed by atoms with Gasteiger partial charge in [-0.15, -0.1) is 0 Å². The zero-order chi connectivity index (χ0) is 15.3. The zero-order valence-electron chi connectivity index (χ0n) is 13.2. The molecule has 1 saturated heterocycles. The lowest BCUT2D eigenvalue weighted by atomic mass is 9.75. The second kappa shape index (κ2) is 6.95. The number of amides is 2. The van der Waals surface area contributed by atoms with Gasteiger partial charge in [0.1, 0.15) is 6.54 Å². The van der Waals surface area contributed by atoms with Gasteiger partial charge in [0.25, 0.3) is 0 Å². The highest BCUT2D eigenvalue weighted by Gasteiger charge is 2.32. The average molecular weight is 284 g/mol. The molecule has 5 nitrogen and oxygen atoms in total. The summed E-state index contributed by atoms with van der Waals surface area (Å²) < 4.78 is 0. The van der Waals surface area contributed by atoms with Crippen LogP contribution in [0.4, 0.5) is 4.79 Å². The van der Waals surface area contributed by atoms with Crippen molar-refractivity contribution >= 4 is 12.0 Å². The molecule has 1 fully saturated rings. The standard InChI is InChI=1S/C15H28N2O3/c1-5-8-17(11-13(18)19)14(20)16-9-6-12(7-10-16)15(2,3)4/h12H,5-11H2,1-4H3,(H,18,19). The van der Waals surface area contributed by atoms with E-state index in [0.29, 0.717) is 12.5 Å². The van der Waals surface area contributed by atoms with Crippen LogP contribution in [0.25, 0.3) is 0 Å². The SMILES string of the molecule is CCCN(CC(=O)O)C(=O)N1CCC(C(C)(C)C)CC1. The number of likely N-dealkylation sites (tertiary alicyclic amines) is 1. The van der Waals surface area contributed by atoms with Crippen molar-refractivity contribution in [2.45, 2.75) is 47.0 Å². The molecule has 0 aromatic carbocycles. The number of hydrogen-bond acceptors (Lipinski definition) is 2. The van der Waals surface area contributed by atoms with Gasteiger partial charge in [-0.1, -0.05) is 27.7 Å². The fourth-order valence-corrected chi connectivity index (χ4v) is 2.81. The molecule has 0 radical (unpaired) electrons. The van der Waals surface area contributed by atoms with Crippen LogP contribution in [0.3, 0.4) is 0 Å². The molecule has 0 atom stereocenters. The van der Waals surface area contributed by atoms with Crippen LogP contribution in [0, 0.1) is 11.3 Å². The quantitative estimate of drug-likeness (QED) is 0.863. The van der Waals surface area contributed by atoms with Gasteiger partial charge >= 0.3 is 12.0 Å². The number of carboxylic acids is 1. The van der Waals surface area contributed by atoms with Gasteiger partial charge < -0.3 is 14.9 Å². The van der Waals surface area contributed by atoms with E-state index < -0.39 is 5.97 Å². The van der Waals surface area contributed by atoms with E-state index in [1.54, 1.807) is 4.90 Å². The van der Waals surface area contributed by atoms with Crippen molar-refractivity contribution in [3.63, 3.8) is 0 Å². The first-order valence-electron chi connectivity index (χ1n) is 7.51. The number of aliphatic carboxylic acids is 1. The Bertz CT molecular complexity index is 342. The molecule has 1 heterocycles. The smallest absolute Gasteiger partial charge is 0.323 e. The maximum Gasteiger partial charge on any atom is 0.323 e. The van der Waals surface area contributed by atoms with Crippen molar-refractivity contribution in [2.75, 3.05) is 26.2 Å². The summed E-state index contributed by atoms with van der Waals surface area (Å²) in [6, 6.07) is -0.124. The van der Waals surface area contributed by atoms with Gasteiger partial charge in [-0.2, -0.15) is 0 Å². The third kappa shape index (κ3) is 4.69. The van der Waals surface area contributed by atoms with Gasteiger partial charge in [-0.3, -0.25) is 4.79 Å². The van der Waals surface area contributed by atoms with Crippen molar-refractivity contribution in [3.05, 3.63) is 0 Å². The first-order chi connectivity index (χ1) is 9.25. The van der Waals surface area contributed by atoms with Gasteiger partial charge in [0.05, 0.1) is 0 Å². The summed E-state index contributed by atoms with van der Waals surface area (Å²) in [6.07, 6.45) is 2.78. The van der Waals surface area contributed by atoms with E-state index in [0.717, 1.165) is 32.4 Å². The lowest BCUT2D eigenvalue weighted by Gasteiger charge is -2.40. The number of carbonyl (C=O) groups excluding carboxylic acids is 1. The molecule has 1 aliphatic heterocycles. The predicted molar refractivity (Wildman–Crippen MR) is 78.6 cm³/mol. The molecule has 1 aliphatic rings. The average Bonchev–Trinajstić information content (AvgIpc) is 2.36. The zero-order valence-corrected chi connectivity index (χ0v) is 13.2. The second-order valence-corrected chi connectivity index (χ2v) is 6.73. The second-order valence-electron chi connectivity index (χ2n) is 6.73. The molecule has 20 heavy (non-hydrogen) atoms. The number of piperidine rings is 1. The maximum atomic E-state index is 12.4. The van der Waals surface area contributed by atoms with Crippen LogP contribution in [-0.4, -0.2) is 53.1 Å². The first-order valence-corrected chi connectivity index (χ1v) is 7.51. The number of urea groups is 1. The molecule has 0 unspecified atom stereocenters. The highest BCUT2D eigenvalue weighted by Crippen LogP contribution is 2.34. The largest absolute Gasteiger partial charge is 0.480 e.